The molecule has 1 saturated heterocycles. The Morgan fingerprint density at radius 1 is 1.61 bits per heavy atom. The SMILES string of the molecule is CCn1cnc(S(=O)(=O)N2CCOCC2CO)c1. The molecule has 0 amide bonds. The van der Waals surface area contributed by atoms with Gasteiger partial charge in [-0.25, -0.2) is 13.4 Å². The predicted molar refractivity (Wildman–Crippen MR) is 63.5 cm³/mol. The number of ether oxygens (including phenoxy) is 1. The maximum Gasteiger partial charge on any atom is 0.262 e. The summed E-state index contributed by atoms with van der Waals surface area (Å²) in [6.45, 7) is 3.10. The van der Waals surface area contributed by atoms with Crippen LogP contribution in [0.5, 0.6) is 0 Å². The number of morpholine rings is 1. The topological polar surface area (TPSA) is 84.7 Å². The van der Waals surface area contributed by atoms with Gasteiger partial charge in [-0.1, -0.05) is 0 Å². The van der Waals surface area contributed by atoms with Gasteiger partial charge in [0.2, 0.25) is 0 Å². The maximum absolute atomic E-state index is 12.4. The number of hydrogen-bond acceptors (Lipinski definition) is 5. The summed E-state index contributed by atoms with van der Waals surface area (Å²) < 4.78 is 32.9. The number of aryl methyl sites for hydroxylation is 1. The van der Waals surface area contributed by atoms with Crippen LogP contribution in [0.1, 0.15) is 6.92 Å². The van der Waals surface area contributed by atoms with Crippen LogP contribution in [0.15, 0.2) is 17.6 Å². The summed E-state index contributed by atoms with van der Waals surface area (Å²) in [5.41, 5.74) is 0. The smallest absolute Gasteiger partial charge is 0.262 e. The molecule has 102 valence electrons. The predicted octanol–water partition coefficient (Wildman–Crippen LogP) is -0.715. The van der Waals surface area contributed by atoms with Crippen molar-refractivity contribution in [1.29, 1.82) is 0 Å². The first-order valence-corrected chi connectivity index (χ1v) is 7.25. The van der Waals surface area contributed by atoms with E-state index in [1.165, 1.54) is 16.8 Å². The van der Waals surface area contributed by atoms with Gasteiger partial charge in [-0.15, -0.1) is 0 Å². The first-order valence-electron chi connectivity index (χ1n) is 5.81. The van der Waals surface area contributed by atoms with Crippen LogP contribution < -0.4 is 0 Å². The van der Waals surface area contributed by atoms with Gasteiger partial charge in [0.25, 0.3) is 10.0 Å². The highest BCUT2D eigenvalue weighted by Crippen LogP contribution is 2.18. The largest absolute Gasteiger partial charge is 0.395 e. The van der Waals surface area contributed by atoms with E-state index in [2.05, 4.69) is 4.98 Å². The molecule has 1 N–H and O–H groups in total. The zero-order valence-corrected chi connectivity index (χ0v) is 11.0. The van der Waals surface area contributed by atoms with Crippen LogP contribution in [0.4, 0.5) is 0 Å². The van der Waals surface area contributed by atoms with E-state index in [0.29, 0.717) is 13.2 Å². The molecule has 0 saturated carbocycles. The first kappa shape index (κ1) is 13.5. The van der Waals surface area contributed by atoms with Crippen molar-refractivity contribution in [2.24, 2.45) is 0 Å². The van der Waals surface area contributed by atoms with Gasteiger partial charge in [-0.2, -0.15) is 4.31 Å². The van der Waals surface area contributed by atoms with Crippen molar-refractivity contribution in [2.75, 3.05) is 26.4 Å². The van der Waals surface area contributed by atoms with E-state index in [-0.39, 0.29) is 24.8 Å². The minimum atomic E-state index is -3.65. The molecule has 1 fully saturated rings. The summed E-state index contributed by atoms with van der Waals surface area (Å²) >= 11 is 0. The summed E-state index contributed by atoms with van der Waals surface area (Å²) in [6.07, 6.45) is 2.99. The van der Waals surface area contributed by atoms with E-state index >= 15 is 0 Å². The van der Waals surface area contributed by atoms with Crippen LogP contribution in [-0.4, -0.2) is 59.8 Å². The van der Waals surface area contributed by atoms with Gasteiger partial charge in [0.05, 0.1) is 32.2 Å². The first-order chi connectivity index (χ1) is 8.59. The molecule has 1 atom stereocenters. The average Bonchev–Trinajstić information content (AvgIpc) is 2.88. The lowest BCUT2D eigenvalue weighted by molar-refractivity contribution is 0.0108. The lowest BCUT2D eigenvalue weighted by atomic mass is 10.3. The maximum atomic E-state index is 12.4. The van der Waals surface area contributed by atoms with Crippen molar-refractivity contribution in [3.05, 3.63) is 12.5 Å². The Bertz CT molecular complexity index is 499. The Hall–Kier alpha value is -0.960. The van der Waals surface area contributed by atoms with Gasteiger partial charge in [-0.05, 0) is 6.92 Å². The Balaban J connectivity index is 2.28. The van der Waals surface area contributed by atoms with Gasteiger partial charge in [-0.3, -0.25) is 0 Å². The van der Waals surface area contributed by atoms with Crippen molar-refractivity contribution in [3.63, 3.8) is 0 Å². The molecular formula is C10H17N3O4S. The van der Waals surface area contributed by atoms with Crippen LogP contribution in [0, 0.1) is 0 Å². The van der Waals surface area contributed by atoms with E-state index in [9.17, 15) is 13.5 Å². The second-order valence-electron chi connectivity index (χ2n) is 4.07. The molecule has 1 aliphatic rings. The zero-order chi connectivity index (χ0) is 13.2. The summed E-state index contributed by atoms with van der Waals surface area (Å²) in [6, 6.07) is -0.532. The molecule has 1 unspecified atom stereocenters. The number of aliphatic hydroxyl groups excluding tert-OH is 1. The zero-order valence-electron chi connectivity index (χ0n) is 10.2. The molecule has 0 spiro atoms. The Morgan fingerprint density at radius 2 is 2.39 bits per heavy atom. The molecule has 0 aliphatic carbocycles. The second kappa shape index (κ2) is 5.35. The number of aliphatic hydroxyl groups is 1. The summed E-state index contributed by atoms with van der Waals surface area (Å²) in [5, 5.41) is 9.23. The highest BCUT2D eigenvalue weighted by molar-refractivity contribution is 7.89. The van der Waals surface area contributed by atoms with Crippen molar-refractivity contribution in [3.8, 4) is 0 Å². The number of sulfonamides is 1. The highest BCUT2D eigenvalue weighted by Gasteiger charge is 2.35. The number of nitrogens with zero attached hydrogens (tertiary/aromatic N) is 3. The number of rotatable bonds is 4. The van der Waals surface area contributed by atoms with E-state index in [1.807, 2.05) is 6.92 Å². The van der Waals surface area contributed by atoms with Crippen LogP contribution in [0.2, 0.25) is 0 Å². The van der Waals surface area contributed by atoms with E-state index in [4.69, 9.17) is 4.74 Å². The highest BCUT2D eigenvalue weighted by atomic mass is 32.2. The lowest BCUT2D eigenvalue weighted by Crippen LogP contribution is -2.50. The molecule has 0 aromatic carbocycles. The molecule has 0 bridgehead atoms. The fourth-order valence-electron chi connectivity index (χ4n) is 1.87. The van der Waals surface area contributed by atoms with Crippen molar-refractivity contribution < 1.29 is 18.3 Å². The van der Waals surface area contributed by atoms with E-state index in [0.717, 1.165) is 0 Å². The summed E-state index contributed by atoms with van der Waals surface area (Å²) in [5.74, 6) is 0. The van der Waals surface area contributed by atoms with E-state index < -0.39 is 16.1 Å². The van der Waals surface area contributed by atoms with Crippen LogP contribution in [0.3, 0.4) is 0 Å². The molecule has 0 radical (unpaired) electrons. The lowest BCUT2D eigenvalue weighted by Gasteiger charge is -2.32. The number of aromatic nitrogens is 2. The average molecular weight is 275 g/mol. The van der Waals surface area contributed by atoms with Crippen LogP contribution in [-0.2, 0) is 21.3 Å². The molecule has 18 heavy (non-hydrogen) atoms. The number of hydrogen-bond donors (Lipinski definition) is 1. The molecule has 1 aromatic heterocycles. The molecule has 8 heteroatoms. The van der Waals surface area contributed by atoms with Crippen molar-refractivity contribution in [1.82, 2.24) is 13.9 Å². The minimum absolute atomic E-state index is 0.0182. The van der Waals surface area contributed by atoms with Gasteiger partial charge in [0, 0.05) is 19.3 Å². The van der Waals surface area contributed by atoms with Gasteiger partial charge in [0.15, 0.2) is 5.03 Å². The van der Waals surface area contributed by atoms with Gasteiger partial charge in [0.1, 0.15) is 0 Å². The van der Waals surface area contributed by atoms with Gasteiger partial charge >= 0.3 is 0 Å². The Kier molecular flexibility index (Phi) is 4.00. The standard InChI is InChI=1S/C10H17N3O4S/c1-2-12-5-10(11-8-12)18(15,16)13-3-4-17-7-9(13)6-14/h5,8-9,14H,2-4,6-7H2,1H3. The summed E-state index contributed by atoms with van der Waals surface area (Å²) in [4.78, 5) is 3.91. The fraction of sp³-hybridized carbons (Fsp3) is 0.700. The monoisotopic (exact) mass is 275 g/mol. The second-order valence-corrected chi connectivity index (χ2v) is 5.91. The third kappa shape index (κ3) is 2.41. The minimum Gasteiger partial charge on any atom is -0.395 e. The fourth-order valence-corrected chi connectivity index (χ4v) is 3.39. The molecule has 1 aromatic rings. The molecule has 2 heterocycles. The Labute approximate surface area is 106 Å². The summed E-state index contributed by atoms with van der Waals surface area (Å²) in [7, 11) is -3.65. The van der Waals surface area contributed by atoms with Crippen LogP contribution >= 0.6 is 0 Å². The van der Waals surface area contributed by atoms with Crippen molar-refractivity contribution >= 4 is 10.0 Å². The third-order valence-electron chi connectivity index (χ3n) is 2.93. The normalized spacial score (nSPS) is 22.2. The molecule has 2 rings (SSSR count). The van der Waals surface area contributed by atoms with Crippen molar-refractivity contribution in [2.45, 2.75) is 24.5 Å². The van der Waals surface area contributed by atoms with E-state index in [1.54, 1.807) is 4.57 Å². The number of imidazole rings is 1. The third-order valence-corrected chi connectivity index (χ3v) is 4.77. The quantitative estimate of drug-likeness (QED) is 0.784. The molecule has 1 aliphatic heterocycles. The van der Waals surface area contributed by atoms with Crippen LogP contribution in [0.25, 0.3) is 0 Å². The molecular weight excluding hydrogens is 258 g/mol. The Morgan fingerprint density at radius 3 is 3.00 bits per heavy atom. The molecule has 7 nitrogen and oxygen atoms in total. The van der Waals surface area contributed by atoms with Gasteiger partial charge < -0.3 is 14.4 Å².